The van der Waals surface area contributed by atoms with Crippen LogP contribution < -0.4 is 4.74 Å². The number of hydrogen-bond donors (Lipinski definition) is 0. The summed E-state index contributed by atoms with van der Waals surface area (Å²) in [5.41, 5.74) is 1.02. The van der Waals surface area contributed by atoms with Gasteiger partial charge in [0.1, 0.15) is 5.75 Å². The largest absolute Gasteiger partial charge is 0.494 e. The molecule has 0 spiro atoms. The third-order valence-electron chi connectivity index (χ3n) is 4.40. The Hall–Kier alpha value is -1.68. The standard InChI is InChI=1S/C20H30N2OSi/c1-4-5-16-24(2,3)17-7-6-15-23-19-11-9-18(10-12-19)20-21-13-8-14-22-20/h8-14H,4-7,15-17H2,1-3H3. The Kier molecular flexibility index (Phi) is 7.44. The smallest absolute Gasteiger partial charge is 0.159 e. The van der Waals surface area contributed by atoms with Crippen molar-refractivity contribution < 1.29 is 4.74 Å². The molecule has 4 heteroatoms. The zero-order chi connectivity index (χ0) is 17.3. The summed E-state index contributed by atoms with van der Waals surface area (Å²) in [6.45, 7) is 8.13. The zero-order valence-corrected chi connectivity index (χ0v) is 16.3. The number of nitrogens with zero attached hydrogens (tertiary/aromatic N) is 2. The lowest BCUT2D eigenvalue weighted by Crippen LogP contribution is -2.24. The molecule has 0 saturated carbocycles. The van der Waals surface area contributed by atoms with Crippen LogP contribution in [0, 0.1) is 0 Å². The highest BCUT2D eigenvalue weighted by atomic mass is 28.3. The molecule has 2 aromatic rings. The van der Waals surface area contributed by atoms with Gasteiger partial charge in [-0.2, -0.15) is 0 Å². The van der Waals surface area contributed by atoms with Crippen LogP contribution in [0.2, 0.25) is 25.2 Å². The quantitative estimate of drug-likeness (QED) is 0.403. The minimum absolute atomic E-state index is 0.753. The monoisotopic (exact) mass is 342 g/mol. The summed E-state index contributed by atoms with van der Waals surface area (Å²) in [6.07, 6.45) is 8.68. The van der Waals surface area contributed by atoms with Crippen LogP contribution in [0.4, 0.5) is 0 Å². The van der Waals surface area contributed by atoms with E-state index in [1.807, 2.05) is 30.3 Å². The molecule has 0 unspecified atom stereocenters. The van der Waals surface area contributed by atoms with E-state index in [4.69, 9.17) is 4.74 Å². The van der Waals surface area contributed by atoms with Crippen LogP contribution in [-0.4, -0.2) is 24.6 Å². The van der Waals surface area contributed by atoms with Gasteiger partial charge < -0.3 is 4.74 Å². The van der Waals surface area contributed by atoms with E-state index < -0.39 is 8.07 Å². The number of hydrogen-bond acceptors (Lipinski definition) is 3. The normalized spacial score (nSPS) is 11.5. The van der Waals surface area contributed by atoms with Gasteiger partial charge in [-0.3, -0.25) is 0 Å². The third-order valence-corrected chi connectivity index (χ3v) is 7.82. The number of unbranched alkanes of at least 4 members (excludes halogenated alkanes) is 2. The Morgan fingerprint density at radius 2 is 1.58 bits per heavy atom. The maximum Gasteiger partial charge on any atom is 0.159 e. The Balaban J connectivity index is 1.70. The highest BCUT2D eigenvalue weighted by Crippen LogP contribution is 2.22. The lowest BCUT2D eigenvalue weighted by Gasteiger charge is -2.21. The van der Waals surface area contributed by atoms with E-state index in [9.17, 15) is 0 Å². The summed E-state index contributed by atoms with van der Waals surface area (Å²) in [5.74, 6) is 1.68. The second-order valence-corrected chi connectivity index (χ2v) is 12.5. The molecule has 0 radical (unpaired) electrons. The first kappa shape index (κ1) is 18.7. The minimum atomic E-state index is -0.968. The number of benzene rings is 1. The second-order valence-electron chi connectivity index (χ2n) is 7.17. The van der Waals surface area contributed by atoms with Crippen molar-refractivity contribution in [2.75, 3.05) is 6.61 Å². The molecule has 1 heterocycles. The molecule has 0 amide bonds. The first-order valence-electron chi connectivity index (χ1n) is 9.11. The molecule has 0 aliphatic carbocycles. The Morgan fingerprint density at radius 3 is 2.25 bits per heavy atom. The fraction of sp³-hybridized carbons (Fsp3) is 0.500. The van der Waals surface area contributed by atoms with Crippen LogP contribution in [0.25, 0.3) is 11.4 Å². The SMILES string of the molecule is CCCC[Si](C)(C)CCCCOc1ccc(-c2ncccn2)cc1. The van der Waals surface area contributed by atoms with Gasteiger partial charge in [0.25, 0.3) is 0 Å². The first-order chi connectivity index (χ1) is 11.6. The van der Waals surface area contributed by atoms with E-state index in [0.717, 1.165) is 30.2 Å². The molecule has 0 aliphatic heterocycles. The second kappa shape index (κ2) is 9.57. The molecule has 2 rings (SSSR count). The number of aromatic nitrogens is 2. The summed E-state index contributed by atoms with van der Waals surface area (Å²) in [7, 11) is -0.968. The van der Waals surface area contributed by atoms with Gasteiger partial charge >= 0.3 is 0 Å². The van der Waals surface area contributed by atoms with E-state index in [1.165, 1.54) is 31.4 Å². The lowest BCUT2D eigenvalue weighted by molar-refractivity contribution is 0.309. The van der Waals surface area contributed by atoms with Crippen LogP contribution >= 0.6 is 0 Å². The van der Waals surface area contributed by atoms with Crippen LogP contribution in [-0.2, 0) is 0 Å². The van der Waals surface area contributed by atoms with Crippen molar-refractivity contribution in [2.24, 2.45) is 0 Å². The van der Waals surface area contributed by atoms with Crippen molar-refractivity contribution in [3.63, 3.8) is 0 Å². The van der Waals surface area contributed by atoms with Gasteiger partial charge in [0.05, 0.1) is 6.61 Å². The Bertz CT molecular complexity index is 584. The molecular formula is C20H30N2OSi. The van der Waals surface area contributed by atoms with Gasteiger partial charge in [-0.05, 0) is 36.8 Å². The van der Waals surface area contributed by atoms with Crippen LogP contribution in [0.3, 0.4) is 0 Å². The summed E-state index contributed by atoms with van der Waals surface area (Å²) in [6, 6.07) is 12.8. The van der Waals surface area contributed by atoms with Gasteiger partial charge in [0, 0.05) is 26.0 Å². The predicted molar refractivity (Wildman–Crippen MR) is 104 cm³/mol. The zero-order valence-electron chi connectivity index (χ0n) is 15.3. The fourth-order valence-corrected chi connectivity index (χ4v) is 5.59. The lowest BCUT2D eigenvalue weighted by atomic mass is 10.2. The summed E-state index contributed by atoms with van der Waals surface area (Å²) >= 11 is 0. The molecule has 0 bridgehead atoms. The highest BCUT2D eigenvalue weighted by molar-refractivity contribution is 6.77. The molecule has 0 saturated heterocycles. The van der Waals surface area contributed by atoms with E-state index in [2.05, 4.69) is 30.0 Å². The van der Waals surface area contributed by atoms with Crippen molar-refractivity contribution in [3.8, 4) is 17.1 Å². The van der Waals surface area contributed by atoms with Crippen molar-refractivity contribution >= 4 is 8.07 Å². The van der Waals surface area contributed by atoms with Gasteiger partial charge in [-0.1, -0.05) is 51.4 Å². The Morgan fingerprint density at radius 1 is 0.917 bits per heavy atom. The molecule has 24 heavy (non-hydrogen) atoms. The first-order valence-corrected chi connectivity index (χ1v) is 12.5. The van der Waals surface area contributed by atoms with E-state index in [-0.39, 0.29) is 0 Å². The molecule has 0 atom stereocenters. The predicted octanol–water partition coefficient (Wildman–Crippen LogP) is 5.81. The molecule has 0 fully saturated rings. The molecule has 0 aliphatic rings. The molecule has 1 aromatic heterocycles. The molecule has 0 N–H and O–H groups in total. The van der Waals surface area contributed by atoms with Crippen LogP contribution in [0.5, 0.6) is 5.75 Å². The van der Waals surface area contributed by atoms with Crippen LogP contribution in [0.1, 0.15) is 32.6 Å². The topological polar surface area (TPSA) is 35.0 Å². The summed E-state index contributed by atoms with van der Waals surface area (Å²) < 4.78 is 5.87. The molecular weight excluding hydrogens is 312 g/mol. The maximum atomic E-state index is 5.87. The minimum Gasteiger partial charge on any atom is -0.494 e. The van der Waals surface area contributed by atoms with Gasteiger partial charge in [-0.25, -0.2) is 9.97 Å². The Labute approximate surface area is 147 Å². The summed E-state index contributed by atoms with van der Waals surface area (Å²) in [5, 5.41) is 0. The number of rotatable bonds is 10. The summed E-state index contributed by atoms with van der Waals surface area (Å²) in [4.78, 5) is 8.52. The molecule has 130 valence electrons. The highest BCUT2D eigenvalue weighted by Gasteiger charge is 2.18. The van der Waals surface area contributed by atoms with Gasteiger partial charge in [-0.15, -0.1) is 0 Å². The van der Waals surface area contributed by atoms with Crippen molar-refractivity contribution in [1.82, 2.24) is 9.97 Å². The van der Waals surface area contributed by atoms with Gasteiger partial charge in [0.2, 0.25) is 0 Å². The van der Waals surface area contributed by atoms with E-state index >= 15 is 0 Å². The average molecular weight is 343 g/mol. The maximum absolute atomic E-state index is 5.87. The van der Waals surface area contributed by atoms with Crippen LogP contribution in [0.15, 0.2) is 42.7 Å². The fourth-order valence-electron chi connectivity index (χ4n) is 2.82. The molecule has 3 nitrogen and oxygen atoms in total. The third kappa shape index (κ3) is 6.44. The average Bonchev–Trinajstić information content (AvgIpc) is 2.61. The van der Waals surface area contributed by atoms with Gasteiger partial charge in [0.15, 0.2) is 5.82 Å². The van der Waals surface area contributed by atoms with Crippen molar-refractivity contribution in [1.29, 1.82) is 0 Å². The van der Waals surface area contributed by atoms with E-state index in [0.29, 0.717) is 0 Å². The number of ether oxygens (including phenoxy) is 1. The van der Waals surface area contributed by atoms with E-state index in [1.54, 1.807) is 12.4 Å². The van der Waals surface area contributed by atoms with Crippen molar-refractivity contribution in [3.05, 3.63) is 42.7 Å². The molecule has 1 aromatic carbocycles. The van der Waals surface area contributed by atoms with Crippen molar-refractivity contribution in [2.45, 2.75) is 57.8 Å².